The van der Waals surface area contributed by atoms with Gasteiger partial charge in [-0.25, -0.2) is 13.4 Å². The largest absolute Gasteiger partial charge is 0.505 e. The minimum atomic E-state index is -3.84. The fraction of sp³-hybridized carbons (Fsp3) is 0.176. The molecule has 0 amide bonds. The molecule has 27 heavy (non-hydrogen) atoms. The van der Waals surface area contributed by atoms with E-state index < -0.39 is 10.0 Å². The molecule has 3 aromatic rings. The molecular weight excluding hydrogens is 408 g/mol. The van der Waals surface area contributed by atoms with Gasteiger partial charge < -0.3 is 5.11 Å². The zero-order valence-electron chi connectivity index (χ0n) is 14.7. The lowest BCUT2D eigenvalue weighted by molar-refractivity contribution is 0.463. The van der Waals surface area contributed by atoms with Crippen LogP contribution in [0.1, 0.15) is 16.7 Å². The molecule has 0 aliphatic carbocycles. The summed E-state index contributed by atoms with van der Waals surface area (Å²) in [6, 6.07) is 6.48. The number of aromatic nitrogens is 3. The Kier molecular flexibility index (Phi) is 5.36. The normalized spacial score (nSPS) is 11.6. The molecule has 0 atom stereocenters. The average Bonchev–Trinajstić information content (AvgIpc) is 3.03. The predicted molar refractivity (Wildman–Crippen MR) is 105 cm³/mol. The first-order valence-electron chi connectivity index (χ1n) is 7.84. The number of sulfonamides is 1. The molecule has 0 aliphatic rings. The molecule has 142 valence electrons. The quantitative estimate of drug-likeness (QED) is 0.533. The second-order valence-corrected chi connectivity index (χ2v) is 9.09. The SMILES string of the molecule is Cc1cc(C)c(S(=O)(=O)Nc2cc(Cl)c(O)c(Sc3ncn[nH]3)c2)c(C)c1. The first-order chi connectivity index (χ1) is 12.7. The third-order valence-electron chi connectivity index (χ3n) is 3.75. The van der Waals surface area contributed by atoms with Crippen LogP contribution in [0.15, 0.2) is 45.5 Å². The number of H-pyrrole nitrogens is 1. The first-order valence-corrected chi connectivity index (χ1v) is 10.5. The van der Waals surface area contributed by atoms with Crippen molar-refractivity contribution < 1.29 is 13.5 Å². The Morgan fingerprint density at radius 2 is 1.81 bits per heavy atom. The number of benzene rings is 2. The number of aromatic amines is 1. The van der Waals surface area contributed by atoms with E-state index in [9.17, 15) is 13.5 Å². The standard InChI is InChI=1S/C17H17ClN4O3S2/c1-9-4-10(2)16(11(3)5-9)27(24,25)22-12-6-13(18)15(23)14(7-12)26-17-19-8-20-21-17/h4-8,22-23H,1-3H3,(H,19,20,21). The Balaban J connectivity index is 1.99. The Labute approximate surface area is 166 Å². The molecule has 0 aliphatic heterocycles. The van der Waals surface area contributed by atoms with E-state index in [2.05, 4.69) is 19.9 Å². The molecule has 3 rings (SSSR count). The van der Waals surface area contributed by atoms with Gasteiger partial charge in [0.25, 0.3) is 10.0 Å². The summed E-state index contributed by atoms with van der Waals surface area (Å²) < 4.78 is 28.4. The molecule has 1 heterocycles. The lowest BCUT2D eigenvalue weighted by Gasteiger charge is -2.15. The van der Waals surface area contributed by atoms with Crippen LogP contribution >= 0.6 is 23.4 Å². The molecule has 3 N–H and O–H groups in total. The minimum absolute atomic E-state index is 0.0227. The van der Waals surface area contributed by atoms with Crippen LogP contribution < -0.4 is 4.72 Å². The number of aryl methyl sites for hydroxylation is 3. The Bertz CT molecular complexity index is 1080. The Morgan fingerprint density at radius 1 is 1.15 bits per heavy atom. The fourth-order valence-corrected chi connectivity index (χ4v) is 5.43. The van der Waals surface area contributed by atoms with Crippen LogP contribution in [0.25, 0.3) is 0 Å². The lowest BCUT2D eigenvalue weighted by Crippen LogP contribution is -2.16. The summed E-state index contributed by atoms with van der Waals surface area (Å²) >= 11 is 7.15. The number of aromatic hydroxyl groups is 1. The summed E-state index contributed by atoms with van der Waals surface area (Å²) in [4.78, 5) is 4.53. The van der Waals surface area contributed by atoms with E-state index in [1.807, 2.05) is 19.1 Å². The van der Waals surface area contributed by atoms with Crippen LogP contribution in [-0.4, -0.2) is 28.7 Å². The number of rotatable bonds is 5. The topological polar surface area (TPSA) is 108 Å². The van der Waals surface area contributed by atoms with Crippen molar-refractivity contribution in [3.05, 3.63) is 52.3 Å². The second-order valence-electron chi connectivity index (χ2n) is 6.03. The number of anilines is 1. The maximum atomic E-state index is 12.9. The number of hydrogen-bond acceptors (Lipinski definition) is 6. The van der Waals surface area contributed by atoms with Crippen molar-refractivity contribution in [3.8, 4) is 5.75 Å². The van der Waals surface area contributed by atoms with E-state index in [0.717, 1.165) is 17.3 Å². The van der Waals surface area contributed by atoms with Crippen molar-refractivity contribution in [3.63, 3.8) is 0 Å². The Morgan fingerprint density at radius 3 is 2.41 bits per heavy atom. The van der Waals surface area contributed by atoms with Gasteiger partial charge in [0.05, 0.1) is 20.5 Å². The summed E-state index contributed by atoms with van der Waals surface area (Å²) in [5.74, 6) is -0.163. The number of phenolic OH excluding ortho intramolecular Hbond substituents is 1. The maximum Gasteiger partial charge on any atom is 0.262 e. The first kappa shape index (κ1) is 19.5. The van der Waals surface area contributed by atoms with Crippen LogP contribution in [0.3, 0.4) is 0 Å². The number of nitrogens with one attached hydrogen (secondary N) is 2. The molecule has 0 saturated carbocycles. The summed E-state index contributed by atoms with van der Waals surface area (Å²) in [6.45, 7) is 5.42. The van der Waals surface area contributed by atoms with Crippen molar-refractivity contribution in [2.75, 3.05) is 4.72 Å². The van der Waals surface area contributed by atoms with Crippen molar-refractivity contribution in [1.82, 2.24) is 15.2 Å². The van der Waals surface area contributed by atoms with E-state index in [4.69, 9.17) is 11.6 Å². The highest BCUT2D eigenvalue weighted by molar-refractivity contribution is 7.99. The van der Waals surface area contributed by atoms with Crippen LogP contribution in [0.5, 0.6) is 5.75 Å². The van der Waals surface area contributed by atoms with Crippen LogP contribution in [0, 0.1) is 20.8 Å². The monoisotopic (exact) mass is 424 g/mol. The van der Waals surface area contributed by atoms with Gasteiger partial charge in [-0.05, 0) is 55.8 Å². The molecule has 7 nitrogen and oxygen atoms in total. The van der Waals surface area contributed by atoms with E-state index in [1.165, 1.54) is 18.5 Å². The zero-order valence-corrected chi connectivity index (χ0v) is 17.1. The molecular formula is C17H17ClN4O3S2. The number of nitrogens with zero attached hydrogens (tertiary/aromatic N) is 2. The van der Waals surface area contributed by atoms with E-state index in [1.54, 1.807) is 13.8 Å². The van der Waals surface area contributed by atoms with E-state index in [-0.39, 0.29) is 21.4 Å². The van der Waals surface area contributed by atoms with Gasteiger partial charge in [0.1, 0.15) is 12.1 Å². The lowest BCUT2D eigenvalue weighted by atomic mass is 10.1. The van der Waals surface area contributed by atoms with Crippen molar-refractivity contribution >= 4 is 39.1 Å². The highest BCUT2D eigenvalue weighted by Crippen LogP contribution is 2.40. The summed E-state index contributed by atoms with van der Waals surface area (Å²) in [7, 11) is -3.84. The van der Waals surface area contributed by atoms with Gasteiger partial charge in [0.2, 0.25) is 0 Å². The van der Waals surface area contributed by atoms with Gasteiger partial charge in [0, 0.05) is 0 Å². The van der Waals surface area contributed by atoms with Gasteiger partial charge in [-0.2, -0.15) is 5.10 Å². The third kappa shape index (κ3) is 4.20. The molecule has 10 heteroatoms. The van der Waals surface area contributed by atoms with Crippen LogP contribution in [-0.2, 0) is 10.0 Å². The second kappa shape index (κ2) is 7.41. The molecule has 0 bridgehead atoms. The van der Waals surface area contributed by atoms with Gasteiger partial charge in [0.15, 0.2) is 5.16 Å². The molecule has 0 saturated heterocycles. The van der Waals surface area contributed by atoms with Crippen molar-refractivity contribution in [2.45, 2.75) is 35.7 Å². The maximum absolute atomic E-state index is 12.9. The van der Waals surface area contributed by atoms with Gasteiger partial charge >= 0.3 is 0 Å². The average molecular weight is 425 g/mol. The molecule has 1 aromatic heterocycles. The van der Waals surface area contributed by atoms with Crippen molar-refractivity contribution in [2.24, 2.45) is 0 Å². The van der Waals surface area contributed by atoms with E-state index >= 15 is 0 Å². The number of phenols is 1. The molecule has 0 spiro atoms. The summed E-state index contributed by atoms with van der Waals surface area (Å²) in [5.41, 5.74) is 2.53. The van der Waals surface area contributed by atoms with Crippen molar-refractivity contribution in [1.29, 1.82) is 0 Å². The fourth-order valence-electron chi connectivity index (χ4n) is 2.85. The molecule has 0 fully saturated rings. The van der Waals surface area contributed by atoms with Gasteiger partial charge in [-0.3, -0.25) is 9.82 Å². The summed E-state index contributed by atoms with van der Waals surface area (Å²) in [5, 5.41) is 17.0. The predicted octanol–water partition coefficient (Wildman–Crippen LogP) is 4.04. The van der Waals surface area contributed by atoms with Crippen LogP contribution in [0.4, 0.5) is 5.69 Å². The van der Waals surface area contributed by atoms with Gasteiger partial charge in [-0.15, -0.1) is 0 Å². The summed E-state index contributed by atoms with van der Waals surface area (Å²) in [6.07, 6.45) is 1.33. The van der Waals surface area contributed by atoms with E-state index in [0.29, 0.717) is 21.2 Å². The third-order valence-corrected chi connectivity index (χ3v) is 6.65. The highest BCUT2D eigenvalue weighted by atomic mass is 35.5. The highest BCUT2D eigenvalue weighted by Gasteiger charge is 2.21. The molecule has 2 aromatic carbocycles. The minimum Gasteiger partial charge on any atom is -0.505 e. The number of halogens is 1. The van der Waals surface area contributed by atoms with Crippen LogP contribution in [0.2, 0.25) is 5.02 Å². The molecule has 0 unspecified atom stereocenters. The smallest absolute Gasteiger partial charge is 0.262 e. The Hall–Kier alpha value is -2.23. The zero-order chi connectivity index (χ0) is 19.8. The van der Waals surface area contributed by atoms with Gasteiger partial charge in [-0.1, -0.05) is 29.3 Å². The molecule has 0 radical (unpaired) electrons. The number of hydrogen-bond donors (Lipinski definition) is 3.